The molecule has 0 bridgehead atoms. The Labute approximate surface area is 139 Å². The molecule has 0 saturated carbocycles. The van der Waals surface area contributed by atoms with Crippen molar-refractivity contribution >= 4 is 18.5 Å². The zero-order chi connectivity index (χ0) is 14.9. The Hall–Kier alpha value is -1.23. The SMILES string of the molecule is C/C=C\c1ccc(OCCCN2CCOCC2)c(OC)c1.Cl. The van der Waals surface area contributed by atoms with Crippen LogP contribution in [0, 0.1) is 0 Å². The third-order valence-electron chi connectivity index (χ3n) is 3.53. The van der Waals surface area contributed by atoms with Crippen molar-refractivity contribution < 1.29 is 14.2 Å². The lowest BCUT2D eigenvalue weighted by Crippen LogP contribution is -2.37. The maximum Gasteiger partial charge on any atom is 0.161 e. The lowest BCUT2D eigenvalue weighted by molar-refractivity contribution is 0.0357. The fourth-order valence-corrected chi connectivity index (χ4v) is 2.39. The number of hydrogen-bond donors (Lipinski definition) is 0. The summed E-state index contributed by atoms with van der Waals surface area (Å²) in [4.78, 5) is 2.42. The number of nitrogens with zero attached hydrogens (tertiary/aromatic N) is 1. The molecule has 1 aromatic rings. The fraction of sp³-hybridized carbons (Fsp3) is 0.529. The number of morpholine rings is 1. The summed E-state index contributed by atoms with van der Waals surface area (Å²) >= 11 is 0. The number of ether oxygens (including phenoxy) is 3. The molecule has 0 radical (unpaired) electrons. The average molecular weight is 328 g/mol. The normalized spacial score (nSPS) is 15.5. The highest BCUT2D eigenvalue weighted by Crippen LogP contribution is 2.28. The van der Waals surface area contributed by atoms with Crippen LogP contribution >= 0.6 is 12.4 Å². The molecule has 1 fully saturated rings. The molecule has 0 unspecified atom stereocenters. The Morgan fingerprint density at radius 2 is 2.00 bits per heavy atom. The van der Waals surface area contributed by atoms with E-state index in [4.69, 9.17) is 14.2 Å². The number of allylic oxidation sites excluding steroid dienone is 1. The van der Waals surface area contributed by atoms with Gasteiger partial charge in [0.2, 0.25) is 0 Å². The van der Waals surface area contributed by atoms with E-state index in [1.165, 1.54) is 0 Å². The van der Waals surface area contributed by atoms with Gasteiger partial charge in [0.25, 0.3) is 0 Å². The van der Waals surface area contributed by atoms with Crippen molar-refractivity contribution in [2.24, 2.45) is 0 Å². The maximum absolute atomic E-state index is 5.85. The molecule has 0 N–H and O–H groups in total. The van der Waals surface area contributed by atoms with Gasteiger partial charge in [-0.2, -0.15) is 0 Å². The molecule has 0 atom stereocenters. The Balaban J connectivity index is 0.00000242. The van der Waals surface area contributed by atoms with E-state index in [9.17, 15) is 0 Å². The first-order valence-corrected chi connectivity index (χ1v) is 7.57. The second-order valence-electron chi connectivity index (χ2n) is 5.07. The van der Waals surface area contributed by atoms with E-state index in [0.29, 0.717) is 6.61 Å². The highest BCUT2D eigenvalue weighted by molar-refractivity contribution is 5.85. The molecule has 1 aromatic carbocycles. The fourth-order valence-electron chi connectivity index (χ4n) is 2.39. The van der Waals surface area contributed by atoms with Crippen molar-refractivity contribution in [3.8, 4) is 11.5 Å². The topological polar surface area (TPSA) is 30.9 Å². The zero-order valence-corrected chi connectivity index (χ0v) is 14.2. The van der Waals surface area contributed by atoms with Gasteiger partial charge < -0.3 is 14.2 Å². The van der Waals surface area contributed by atoms with E-state index < -0.39 is 0 Å². The van der Waals surface area contributed by atoms with Crippen LogP contribution in [0.5, 0.6) is 11.5 Å². The van der Waals surface area contributed by atoms with E-state index in [-0.39, 0.29) is 12.4 Å². The van der Waals surface area contributed by atoms with Gasteiger partial charge in [-0.15, -0.1) is 12.4 Å². The van der Waals surface area contributed by atoms with Gasteiger partial charge in [0.1, 0.15) is 0 Å². The minimum atomic E-state index is 0. The highest BCUT2D eigenvalue weighted by Gasteiger charge is 2.10. The second kappa shape index (κ2) is 10.5. The first-order valence-electron chi connectivity index (χ1n) is 7.57. The van der Waals surface area contributed by atoms with E-state index >= 15 is 0 Å². The Kier molecular flexibility index (Phi) is 8.97. The largest absolute Gasteiger partial charge is 0.493 e. The molecule has 0 spiro atoms. The van der Waals surface area contributed by atoms with Crippen molar-refractivity contribution in [2.45, 2.75) is 13.3 Å². The minimum Gasteiger partial charge on any atom is -0.493 e. The second-order valence-corrected chi connectivity index (χ2v) is 5.07. The highest BCUT2D eigenvalue weighted by atomic mass is 35.5. The predicted octanol–water partition coefficient (Wildman–Crippen LogP) is 3.25. The smallest absolute Gasteiger partial charge is 0.161 e. The molecular weight excluding hydrogens is 302 g/mol. The molecular formula is C17H26ClNO3. The summed E-state index contributed by atoms with van der Waals surface area (Å²) in [5.74, 6) is 1.60. The van der Waals surface area contributed by atoms with Crippen molar-refractivity contribution in [1.82, 2.24) is 4.90 Å². The Morgan fingerprint density at radius 1 is 1.23 bits per heavy atom. The minimum absolute atomic E-state index is 0. The van der Waals surface area contributed by atoms with Crippen LogP contribution in [0.2, 0.25) is 0 Å². The van der Waals surface area contributed by atoms with Crippen LogP contribution in [0.15, 0.2) is 24.3 Å². The van der Waals surface area contributed by atoms with E-state index in [1.807, 2.05) is 37.3 Å². The summed E-state index contributed by atoms with van der Waals surface area (Å²) < 4.78 is 16.6. The number of benzene rings is 1. The predicted molar refractivity (Wildman–Crippen MR) is 92.3 cm³/mol. The molecule has 0 aromatic heterocycles. The quantitative estimate of drug-likeness (QED) is 0.719. The van der Waals surface area contributed by atoms with Crippen molar-refractivity contribution in [2.75, 3.05) is 46.6 Å². The molecule has 0 amide bonds. The van der Waals surface area contributed by atoms with Crippen molar-refractivity contribution in [3.05, 3.63) is 29.8 Å². The molecule has 1 saturated heterocycles. The van der Waals surface area contributed by atoms with Gasteiger partial charge in [-0.05, 0) is 31.0 Å². The van der Waals surface area contributed by atoms with Crippen LogP contribution in [0.3, 0.4) is 0 Å². The first kappa shape index (κ1) is 18.8. The third-order valence-corrected chi connectivity index (χ3v) is 3.53. The maximum atomic E-state index is 5.85. The molecule has 2 rings (SSSR count). The lowest BCUT2D eigenvalue weighted by Gasteiger charge is -2.26. The van der Waals surface area contributed by atoms with Gasteiger partial charge in [0.15, 0.2) is 11.5 Å². The lowest BCUT2D eigenvalue weighted by atomic mass is 10.2. The number of hydrogen-bond acceptors (Lipinski definition) is 4. The summed E-state index contributed by atoms with van der Waals surface area (Å²) in [6.45, 7) is 7.52. The van der Waals surface area contributed by atoms with Crippen molar-refractivity contribution in [1.29, 1.82) is 0 Å². The molecule has 124 valence electrons. The van der Waals surface area contributed by atoms with E-state index in [1.54, 1.807) is 7.11 Å². The molecule has 0 aliphatic carbocycles. The summed E-state index contributed by atoms with van der Waals surface area (Å²) in [7, 11) is 1.68. The van der Waals surface area contributed by atoms with Crippen molar-refractivity contribution in [3.63, 3.8) is 0 Å². The standard InChI is InChI=1S/C17H25NO3.ClH/c1-3-5-15-6-7-16(17(14-15)19-2)21-11-4-8-18-9-12-20-13-10-18;/h3,5-7,14H,4,8-13H2,1-2H3;1H/b5-3-;. The Bertz CT molecular complexity index is 459. The van der Waals surface area contributed by atoms with Crippen LogP contribution in [-0.4, -0.2) is 51.5 Å². The van der Waals surface area contributed by atoms with Crippen LogP contribution in [0.25, 0.3) is 6.08 Å². The van der Waals surface area contributed by atoms with Crippen LogP contribution in [0.4, 0.5) is 0 Å². The molecule has 1 heterocycles. The van der Waals surface area contributed by atoms with Crippen LogP contribution in [0.1, 0.15) is 18.9 Å². The summed E-state index contributed by atoms with van der Waals surface area (Å²) in [6.07, 6.45) is 5.07. The summed E-state index contributed by atoms with van der Waals surface area (Å²) in [5.41, 5.74) is 1.12. The Morgan fingerprint density at radius 3 is 2.68 bits per heavy atom. The van der Waals surface area contributed by atoms with E-state index in [2.05, 4.69) is 4.90 Å². The molecule has 1 aliphatic heterocycles. The molecule has 4 nitrogen and oxygen atoms in total. The van der Waals surface area contributed by atoms with Gasteiger partial charge in [-0.1, -0.05) is 18.2 Å². The van der Waals surface area contributed by atoms with Gasteiger partial charge in [-0.25, -0.2) is 0 Å². The molecule has 22 heavy (non-hydrogen) atoms. The number of halogens is 1. The van der Waals surface area contributed by atoms with Gasteiger partial charge >= 0.3 is 0 Å². The number of rotatable bonds is 7. The first-order chi connectivity index (χ1) is 10.3. The summed E-state index contributed by atoms with van der Waals surface area (Å²) in [6, 6.07) is 6.01. The molecule has 1 aliphatic rings. The van der Waals surface area contributed by atoms with Crippen LogP contribution in [-0.2, 0) is 4.74 Å². The third kappa shape index (κ3) is 5.87. The van der Waals surface area contributed by atoms with Gasteiger partial charge in [0.05, 0.1) is 26.9 Å². The summed E-state index contributed by atoms with van der Waals surface area (Å²) in [5, 5.41) is 0. The monoisotopic (exact) mass is 327 g/mol. The van der Waals surface area contributed by atoms with Crippen LogP contribution < -0.4 is 9.47 Å². The average Bonchev–Trinajstić information content (AvgIpc) is 2.53. The molecule has 5 heteroatoms. The van der Waals surface area contributed by atoms with E-state index in [0.717, 1.165) is 56.3 Å². The van der Waals surface area contributed by atoms with Gasteiger partial charge in [-0.3, -0.25) is 4.90 Å². The zero-order valence-electron chi connectivity index (χ0n) is 13.4. The van der Waals surface area contributed by atoms with Gasteiger partial charge in [0, 0.05) is 19.6 Å². The number of methoxy groups -OCH3 is 1.